The van der Waals surface area contributed by atoms with Gasteiger partial charge in [-0.3, -0.25) is 9.59 Å². The summed E-state index contributed by atoms with van der Waals surface area (Å²) in [4.78, 5) is 27.1. The van der Waals surface area contributed by atoms with Crippen molar-refractivity contribution in [1.82, 2.24) is 0 Å². The van der Waals surface area contributed by atoms with Gasteiger partial charge in [-0.05, 0) is 41.1 Å². The molecule has 114 valence electrons. The van der Waals surface area contributed by atoms with Crippen LogP contribution in [0.5, 0.6) is 0 Å². The number of hydrogen-bond donors (Lipinski definition) is 1. The fourth-order valence-corrected chi connectivity index (χ4v) is 4.10. The van der Waals surface area contributed by atoms with E-state index in [1.165, 1.54) is 16.2 Å². The molecule has 0 saturated carbocycles. The Morgan fingerprint density at radius 2 is 2.05 bits per heavy atom. The van der Waals surface area contributed by atoms with Crippen molar-refractivity contribution in [2.24, 2.45) is 0 Å². The van der Waals surface area contributed by atoms with Gasteiger partial charge in [0.2, 0.25) is 0 Å². The van der Waals surface area contributed by atoms with Crippen LogP contribution >= 0.6 is 27.3 Å². The summed E-state index contributed by atoms with van der Waals surface area (Å²) >= 11 is 4.61. The van der Waals surface area contributed by atoms with Crippen molar-refractivity contribution in [3.8, 4) is 0 Å². The number of hydrogen-bond acceptors (Lipinski definition) is 4. The number of carbonyl (C=O) groups is 2. The fourth-order valence-electron chi connectivity index (χ4n) is 2.78. The average molecular weight is 380 g/mol. The molecular weight excluding hydrogens is 366 g/mol. The maximum atomic E-state index is 12.6. The highest BCUT2D eigenvalue weighted by Crippen LogP contribution is 2.43. The number of benzene rings is 1. The van der Waals surface area contributed by atoms with Gasteiger partial charge in [-0.25, -0.2) is 0 Å². The molecule has 1 N–H and O–H groups in total. The van der Waals surface area contributed by atoms with Crippen LogP contribution in [0.25, 0.3) is 0 Å². The highest BCUT2D eigenvalue weighted by atomic mass is 79.9. The lowest BCUT2D eigenvalue weighted by Gasteiger charge is -2.21. The second-order valence-electron chi connectivity index (χ2n) is 5.13. The quantitative estimate of drug-likeness (QED) is 0.828. The van der Waals surface area contributed by atoms with Crippen molar-refractivity contribution in [1.29, 1.82) is 0 Å². The second kappa shape index (κ2) is 5.61. The number of halogens is 1. The summed E-state index contributed by atoms with van der Waals surface area (Å²) in [6, 6.07) is 10.6. The smallest absolute Gasteiger partial charge is 0.264 e. The van der Waals surface area contributed by atoms with E-state index in [0.29, 0.717) is 22.7 Å². The van der Waals surface area contributed by atoms with Crippen LogP contribution in [0, 0.1) is 0 Å². The predicted octanol–water partition coefficient (Wildman–Crippen LogP) is 3.34. The molecule has 1 atom stereocenters. The first-order valence-electron chi connectivity index (χ1n) is 6.89. The topological polar surface area (TPSA) is 57.6 Å². The third-order valence-electron chi connectivity index (χ3n) is 3.82. The lowest BCUT2D eigenvalue weighted by Crippen LogP contribution is -2.41. The zero-order valence-electron chi connectivity index (χ0n) is 11.9. The van der Waals surface area contributed by atoms with Gasteiger partial charge in [-0.1, -0.05) is 18.2 Å². The van der Waals surface area contributed by atoms with Crippen molar-refractivity contribution in [3.05, 3.63) is 50.6 Å². The number of thiophene rings is 1. The summed E-state index contributed by atoms with van der Waals surface area (Å²) in [7, 11) is 0. The SMILES string of the molecule is CCN1C(=O)[C@@](O)(CC(=O)c2ccc(Br)s2)c2ccccc21. The summed E-state index contributed by atoms with van der Waals surface area (Å²) in [5, 5.41) is 10.9. The Morgan fingerprint density at radius 1 is 1.32 bits per heavy atom. The van der Waals surface area contributed by atoms with E-state index in [2.05, 4.69) is 15.9 Å². The number of nitrogens with zero attached hydrogens (tertiary/aromatic N) is 1. The number of aliphatic hydroxyl groups is 1. The fraction of sp³-hybridized carbons (Fsp3) is 0.250. The van der Waals surface area contributed by atoms with Crippen molar-refractivity contribution in [2.75, 3.05) is 11.4 Å². The van der Waals surface area contributed by atoms with Crippen LogP contribution < -0.4 is 4.90 Å². The Bertz CT molecular complexity index is 757. The Labute approximate surface area is 140 Å². The van der Waals surface area contributed by atoms with E-state index in [1.807, 2.05) is 13.0 Å². The Kier molecular flexibility index (Phi) is 3.92. The largest absolute Gasteiger partial charge is 0.375 e. The lowest BCUT2D eigenvalue weighted by molar-refractivity contribution is -0.135. The summed E-state index contributed by atoms with van der Waals surface area (Å²) in [5.74, 6) is -0.667. The van der Waals surface area contributed by atoms with Crippen LogP contribution in [-0.4, -0.2) is 23.3 Å². The molecule has 0 unspecified atom stereocenters. The summed E-state index contributed by atoms with van der Waals surface area (Å²) in [6.45, 7) is 2.30. The Balaban J connectivity index is 1.98. The maximum absolute atomic E-state index is 12.6. The average Bonchev–Trinajstić information content (AvgIpc) is 3.02. The van der Waals surface area contributed by atoms with E-state index in [9.17, 15) is 14.7 Å². The lowest BCUT2D eigenvalue weighted by atomic mass is 9.89. The predicted molar refractivity (Wildman–Crippen MR) is 89.3 cm³/mol. The second-order valence-corrected chi connectivity index (χ2v) is 7.59. The van der Waals surface area contributed by atoms with Crippen molar-refractivity contribution in [3.63, 3.8) is 0 Å². The number of carbonyl (C=O) groups excluding carboxylic acids is 2. The molecule has 0 spiro atoms. The summed E-state index contributed by atoms with van der Waals surface area (Å²) in [5.41, 5.74) is -0.594. The highest BCUT2D eigenvalue weighted by Gasteiger charge is 2.50. The molecule has 1 aliphatic heterocycles. The van der Waals surface area contributed by atoms with Crippen LogP contribution in [0.15, 0.2) is 40.2 Å². The van der Waals surface area contributed by atoms with Gasteiger partial charge < -0.3 is 10.0 Å². The van der Waals surface area contributed by atoms with E-state index in [-0.39, 0.29) is 12.2 Å². The van der Waals surface area contributed by atoms with Crippen molar-refractivity contribution >= 4 is 44.6 Å². The minimum absolute atomic E-state index is 0.237. The molecule has 2 aromatic rings. The summed E-state index contributed by atoms with van der Waals surface area (Å²) < 4.78 is 0.844. The monoisotopic (exact) mass is 379 g/mol. The number of anilines is 1. The Hall–Kier alpha value is -1.50. The molecule has 6 heteroatoms. The molecule has 0 saturated heterocycles. The zero-order chi connectivity index (χ0) is 15.9. The Morgan fingerprint density at radius 3 is 2.68 bits per heavy atom. The van der Waals surface area contributed by atoms with Gasteiger partial charge in [0.05, 0.1) is 20.8 Å². The van der Waals surface area contributed by atoms with Gasteiger partial charge in [0.15, 0.2) is 11.4 Å². The third-order valence-corrected chi connectivity index (χ3v) is 5.48. The van der Waals surface area contributed by atoms with Crippen LogP contribution in [0.1, 0.15) is 28.6 Å². The van der Waals surface area contributed by atoms with E-state index in [1.54, 1.807) is 30.3 Å². The number of Topliss-reactive ketones (excluding diaryl/α,β-unsaturated/α-hetero) is 1. The molecule has 4 nitrogen and oxygen atoms in total. The third kappa shape index (κ3) is 2.31. The normalized spacial score (nSPS) is 20.3. The molecule has 0 aliphatic carbocycles. The standard InChI is InChI=1S/C16H14BrNO3S/c1-2-18-11-6-4-3-5-10(11)16(21,15(18)20)9-12(19)13-7-8-14(17)22-13/h3-8,21H,2,9H2,1H3/t16-/m1/s1. The first-order valence-corrected chi connectivity index (χ1v) is 8.50. The molecule has 0 bridgehead atoms. The van der Waals surface area contributed by atoms with Crippen molar-refractivity contribution in [2.45, 2.75) is 18.9 Å². The molecule has 1 aliphatic rings. The molecule has 3 rings (SSSR count). The van der Waals surface area contributed by atoms with E-state index in [4.69, 9.17) is 0 Å². The van der Waals surface area contributed by atoms with Gasteiger partial charge >= 0.3 is 0 Å². The summed E-state index contributed by atoms with van der Waals surface area (Å²) in [6.07, 6.45) is -0.244. The van der Waals surface area contributed by atoms with Gasteiger partial charge in [0, 0.05) is 12.1 Å². The molecule has 22 heavy (non-hydrogen) atoms. The molecular formula is C16H14BrNO3S. The van der Waals surface area contributed by atoms with E-state index < -0.39 is 11.5 Å². The molecule has 2 heterocycles. The first kappa shape index (κ1) is 15.4. The van der Waals surface area contributed by atoms with Gasteiger partial charge in [-0.15, -0.1) is 11.3 Å². The van der Waals surface area contributed by atoms with E-state index in [0.717, 1.165) is 3.79 Å². The highest BCUT2D eigenvalue weighted by molar-refractivity contribution is 9.11. The number of amides is 1. The van der Waals surface area contributed by atoms with Crippen LogP contribution in [0.3, 0.4) is 0 Å². The minimum Gasteiger partial charge on any atom is -0.375 e. The number of rotatable bonds is 4. The molecule has 0 fully saturated rings. The first-order chi connectivity index (χ1) is 10.5. The molecule has 1 amide bonds. The number of likely N-dealkylation sites (N-methyl/N-ethyl adjacent to an activating group) is 1. The van der Waals surface area contributed by atoms with Crippen LogP contribution in [-0.2, 0) is 10.4 Å². The van der Waals surface area contributed by atoms with Gasteiger partial charge in [0.1, 0.15) is 0 Å². The van der Waals surface area contributed by atoms with Crippen LogP contribution in [0.4, 0.5) is 5.69 Å². The number of ketones is 1. The van der Waals surface area contributed by atoms with E-state index >= 15 is 0 Å². The molecule has 1 aromatic carbocycles. The van der Waals surface area contributed by atoms with Gasteiger partial charge in [0.25, 0.3) is 5.91 Å². The zero-order valence-corrected chi connectivity index (χ0v) is 14.3. The molecule has 0 radical (unpaired) electrons. The van der Waals surface area contributed by atoms with Crippen molar-refractivity contribution < 1.29 is 14.7 Å². The minimum atomic E-state index is -1.78. The van der Waals surface area contributed by atoms with Gasteiger partial charge in [-0.2, -0.15) is 0 Å². The molecule has 1 aromatic heterocycles. The number of fused-ring (bicyclic) bond motifs is 1. The number of para-hydroxylation sites is 1. The maximum Gasteiger partial charge on any atom is 0.264 e. The van der Waals surface area contributed by atoms with Crippen LogP contribution in [0.2, 0.25) is 0 Å².